The lowest BCUT2D eigenvalue weighted by molar-refractivity contribution is 0.0894. The summed E-state index contributed by atoms with van der Waals surface area (Å²) in [6.07, 6.45) is 0.818. The number of halogens is 1. The van der Waals surface area contributed by atoms with Gasteiger partial charge in [-0.05, 0) is 38.8 Å². The monoisotopic (exact) mass is 507 g/mol. The normalized spacial score (nSPS) is 15.0. The second kappa shape index (κ2) is 10.6. The molecule has 182 valence electrons. The Morgan fingerprint density at radius 2 is 2.06 bits per heavy atom. The first-order valence-electron chi connectivity index (χ1n) is 10.9. The van der Waals surface area contributed by atoms with Crippen molar-refractivity contribution in [3.63, 3.8) is 0 Å². The Balaban J connectivity index is 1.47. The number of carbonyl (C=O) groups is 2. The van der Waals surface area contributed by atoms with E-state index in [4.69, 9.17) is 20.9 Å². The quantitative estimate of drug-likeness (QED) is 0.477. The highest BCUT2D eigenvalue weighted by atomic mass is 35.5. The molecule has 3 aromatic heterocycles. The largest absolute Gasteiger partial charge is 0.514 e. The van der Waals surface area contributed by atoms with Gasteiger partial charge in [0.15, 0.2) is 11.5 Å². The van der Waals surface area contributed by atoms with Crippen LogP contribution in [-0.4, -0.2) is 64.2 Å². The third kappa shape index (κ3) is 5.78. The molecule has 0 saturated carbocycles. The predicted molar refractivity (Wildman–Crippen MR) is 126 cm³/mol. The molecule has 0 spiro atoms. The minimum Gasteiger partial charge on any atom is -0.437 e. The molecule has 4 rings (SSSR count). The molecule has 34 heavy (non-hydrogen) atoms. The maximum absolute atomic E-state index is 12.9. The van der Waals surface area contributed by atoms with Crippen LogP contribution >= 0.6 is 22.9 Å². The Labute approximate surface area is 205 Å². The van der Waals surface area contributed by atoms with Crippen LogP contribution < -0.4 is 10.1 Å². The third-order valence-electron chi connectivity index (χ3n) is 5.61. The number of ether oxygens (including phenoxy) is 2. The zero-order valence-corrected chi connectivity index (χ0v) is 20.7. The van der Waals surface area contributed by atoms with Crippen LogP contribution in [0.1, 0.15) is 42.9 Å². The van der Waals surface area contributed by atoms with Crippen molar-refractivity contribution >= 4 is 35.0 Å². The number of nitrogens with zero attached hydrogens (tertiary/aromatic N) is 4. The van der Waals surface area contributed by atoms with Crippen molar-refractivity contribution in [2.24, 2.45) is 0 Å². The molecular weight excluding hydrogens is 482 g/mol. The Bertz CT molecular complexity index is 1150. The van der Waals surface area contributed by atoms with E-state index < -0.39 is 6.16 Å². The highest BCUT2D eigenvalue weighted by Gasteiger charge is 2.25. The van der Waals surface area contributed by atoms with E-state index in [1.807, 2.05) is 6.07 Å². The van der Waals surface area contributed by atoms with Gasteiger partial charge in [-0.2, -0.15) is 5.10 Å². The number of nitrogens with one attached hydrogen (secondary N) is 1. The first kappa shape index (κ1) is 24.2. The summed E-state index contributed by atoms with van der Waals surface area (Å²) in [7, 11) is 1.20. The summed E-state index contributed by atoms with van der Waals surface area (Å²) >= 11 is 7.36. The fraction of sp³-hybridized carbons (Fsp3) is 0.455. The van der Waals surface area contributed by atoms with Gasteiger partial charge in [-0.1, -0.05) is 16.8 Å². The van der Waals surface area contributed by atoms with E-state index >= 15 is 0 Å². The van der Waals surface area contributed by atoms with E-state index in [1.165, 1.54) is 29.2 Å². The molecule has 1 aliphatic rings. The molecule has 1 N–H and O–H groups in total. The number of amides is 1. The van der Waals surface area contributed by atoms with Gasteiger partial charge < -0.3 is 24.2 Å². The van der Waals surface area contributed by atoms with Crippen molar-refractivity contribution in [2.45, 2.75) is 45.3 Å². The van der Waals surface area contributed by atoms with Crippen LogP contribution in [0.5, 0.6) is 5.88 Å². The van der Waals surface area contributed by atoms with Crippen molar-refractivity contribution in [3.05, 3.63) is 40.0 Å². The van der Waals surface area contributed by atoms with Crippen LogP contribution in [0.3, 0.4) is 0 Å². The SMILES string of the molecule is COC(=O)Oc1cc(C(=O)NC2CCN(C(C)C)CC2)nn1Cc1cc(-c2ccc(Cl)s2)on1. The molecule has 0 radical (unpaired) electrons. The molecule has 3 aromatic rings. The van der Waals surface area contributed by atoms with Crippen LogP contribution in [0.2, 0.25) is 4.34 Å². The topological polar surface area (TPSA) is 112 Å². The van der Waals surface area contributed by atoms with E-state index in [-0.39, 0.29) is 30.1 Å². The van der Waals surface area contributed by atoms with Gasteiger partial charge in [0.05, 0.1) is 22.9 Å². The third-order valence-corrected chi connectivity index (χ3v) is 6.86. The van der Waals surface area contributed by atoms with Crippen LogP contribution in [-0.2, 0) is 11.3 Å². The average molecular weight is 508 g/mol. The number of hydrogen-bond acceptors (Lipinski definition) is 9. The van der Waals surface area contributed by atoms with E-state index in [2.05, 4.69) is 39.1 Å². The molecule has 12 heteroatoms. The number of thiophene rings is 1. The van der Waals surface area contributed by atoms with Crippen LogP contribution in [0.25, 0.3) is 10.6 Å². The summed E-state index contributed by atoms with van der Waals surface area (Å²) in [4.78, 5) is 27.8. The first-order chi connectivity index (χ1) is 16.3. The molecular formula is C22H26ClN5O5S. The first-order valence-corrected chi connectivity index (χ1v) is 12.1. The van der Waals surface area contributed by atoms with Gasteiger partial charge in [-0.25, -0.2) is 9.48 Å². The molecule has 1 fully saturated rings. The van der Waals surface area contributed by atoms with Crippen molar-refractivity contribution in [3.8, 4) is 16.5 Å². The number of methoxy groups -OCH3 is 1. The maximum Gasteiger partial charge on any atom is 0.514 e. The highest BCUT2D eigenvalue weighted by Crippen LogP contribution is 2.31. The minimum absolute atomic E-state index is 0.0633. The fourth-order valence-electron chi connectivity index (χ4n) is 3.76. The molecule has 0 aliphatic carbocycles. The lowest BCUT2D eigenvalue weighted by atomic mass is 10.0. The summed E-state index contributed by atoms with van der Waals surface area (Å²) in [5, 5.41) is 11.4. The van der Waals surface area contributed by atoms with E-state index in [0.717, 1.165) is 30.8 Å². The van der Waals surface area contributed by atoms with E-state index in [9.17, 15) is 9.59 Å². The predicted octanol–water partition coefficient (Wildman–Crippen LogP) is 4.05. The molecule has 4 heterocycles. The molecule has 10 nitrogen and oxygen atoms in total. The fourth-order valence-corrected chi connectivity index (χ4v) is 4.75. The average Bonchev–Trinajstić information content (AvgIpc) is 3.55. The lowest BCUT2D eigenvalue weighted by Crippen LogP contribution is -2.46. The van der Waals surface area contributed by atoms with Crippen molar-refractivity contribution in [1.82, 2.24) is 25.2 Å². The second-order valence-corrected chi connectivity index (χ2v) is 9.96. The Hall–Kier alpha value is -2.89. The molecule has 0 unspecified atom stereocenters. The van der Waals surface area contributed by atoms with Gasteiger partial charge in [0.1, 0.15) is 5.69 Å². The number of piperidine rings is 1. The second-order valence-electron chi connectivity index (χ2n) is 8.25. The summed E-state index contributed by atoms with van der Waals surface area (Å²) in [5.74, 6) is 0.293. The molecule has 0 aromatic carbocycles. The van der Waals surface area contributed by atoms with Crippen LogP contribution in [0.15, 0.2) is 28.8 Å². The Morgan fingerprint density at radius 3 is 2.71 bits per heavy atom. The Kier molecular flexibility index (Phi) is 7.54. The number of hydrogen-bond donors (Lipinski definition) is 1. The molecule has 0 atom stereocenters. The summed E-state index contributed by atoms with van der Waals surface area (Å²) in [6, 6.07) is 7.32. The van der Waals surface area contributed by atoms with E-state index in [0.29, 0.717) is 21.8 Å². The van der Waals surface area contributed by atoms with Crippen LogP contribution in [0, 0.1) is 0 Å². The molecule has 1 aliphatic heterocycles. The summed E-state index contributed by atoms with van der Waals surface area (Å²) in [6.45, 7) is 6.31. The van der Waals surface area contributed by atoms with Gasteiger partial charge in [0.2, 0.25) is 5.88 Å². The standard InChI is InChI=1S/C22H26ClN5O5S/c1-13(2)27-8-6-14(7-9-27)24-21(29)16-11-20(32-22(30)31-3)28(25-16)12-15-10-17(33-26-15)18-4-5-19(23)34-18/h4-5,10-11,13-14H,6-9,12H2,1-3H3,(H,24,29). The van der Waals surface area contributed by atoms with Gasteiger partial charge in [0, 0.05) is 37.3 Å². The minimum atomic E-state index is -0.914. The van der Waals surface area contributed by atoms with Crippen molar-refractivity contribution in [2.75, 3.05) is 20.2 Å². The number of likely N-dealkylation sites (tertiary alicyclic amines) is 1. The van der Waals surface area contributed by atoms with Crippen molar-refractivity contribution < 1.29 is 23.6 Å². The highest BCUT2D eigenvalue weighted by molar-refractivity contribution is 7.19. The van der Waals surface area contributed by atoms with E-state index in [1.54, 1.807) is 12.1 Å². The zero-order chi connectivity index (χ0) is 24.2. The molecule has 1 saturated heterocycles. The maximum atomic E-state index is 12.9. The van der Waals surface area contributed by atoms with Gasteiger partial charge in [0.25, 0.3) is 5.91 Å². The summed E-state index contributed by atoms with van der Waals surface area (Å²) in [5.41, 5.74) is 0.671. The Morgan fingerprint density at radius 1 is 1.29 bits per heavy atom. The number of aromatic nitrogens is 3. The van der Waals surface area contributed by atoms with Gasteiger partial charge in [-0.3, -0.25) is 4.79 Å². The van der Waals surface area contributed by atoms with Gasteiger partial charge in [-0.15, -0.1) is 11.3 Å². The van der Waals surface area contributed by atoms with Gasteiger partial charge >= 0.3 is 6.16 Å². The molecule has 1 amide bonds. The van der Waals surface area contributed by atoms with Crippen LogP contribution in [0.4, 0.5) is 4.79 Å². The smallest absolute Gasteiger partial charge is 0.437 e. The number of carbonyl (C=O) groups excluding carboxylic acids is 2. The van der Waals surface area contributed by atoms with Crippen molar-refractivity contribution in [1.29, 1.82) is 0 Å². The summed E-state index contributed by atoms with van der Waals surface area (Å²) < 4.78 is 17.2. The molecule has 0 bridgehead atoms. The number of rotatable bonds is 7. The zero-order valence-electron chi connectivity index (χ0n) is 19.1. The lowest BCUT2D eigenvalue weighted by Gasteiger charge is -2.34.